The van der Waals surface area contributed by atoms with E-state index in [9.17, 15) is 9.18 Å². The summed E-state index contributed by atoms with van der Waals surface area (Å²) in [6.07, 6.45) is 0.0449. The number of hydrogen-bond acceptors (Lipinski definition) is 2. The van der Waals surface area contributed by atoms with Gasteiger partial charge in [0.15, 0.2) is 0 Å². The summed E-state index contributed by atoms with van der Waals surface area (Å²) in [5.74, 6) is -1.14. The quantitative estimate of drug-likeness (QED) is 0.882. The van der Waals surface area contributed by atoms with E-state index in [0.29, 0.717) is 13.1 Å². The number of hydrogen-bond donors (Lipinski definition) is 1. The van der Waals surface area contributed by atoms with Gasteiger partial charge in [-0.3, -0.25) is 4.79 Å². The molecule has 0 fully saturated rings. The van der Waals surface area contributed by atoms with Crippen LogP contribution in [-0.2, 0) is 11.3 Å². The molecular weight excluding hydrogens is 269 g/mol. The molecule has 0 bridgehead atoms. The average Bonchev–Trinajstić information content (AvgIpc) is 2.46. The molecule has 0 spiro atoms. The van der Waals surface area contributed by atoms with Crippen molar-refractivity contribution in [1.82, 2.24) is 0 Å². The third-order valence-corrected chi connectivity index (χ3v) is 3.41. The van der Waals surface area contributed by atoms with Crippen molar-refractivity contribution >= 4 is 11.7 Å². The number of aliphatic carboxylic acids is 1. The van der Waals surface area contributed by atoms with Gasteiger partial charge in [0.2, 0.25) is 0 Å². The van der Waals surface area contributed by atoms with E-state index >= 15 is 0 Å². The molecule has 2 rings (SSSR count). The Hall–Kier alpha value is -2.36. The topological polar surface area (TPSA) is 40.5 Å². The molecule has 0 heterocycles. The first-order chi connectivity index (χ1) is 10.1. The summed E-state index contributed by atoms with van der Waals surface area (Å²) in [5.41, 5.74) is 3.10. The number of nitrogens with zero attached hydrogens (tertiary/aromatic N) is 1. The van der Waals surface area contributed by atoms with E-state index < -0.39 is 5.97 Å². The number of benzene rings is 2. The maximum atomic E-state index is 13.0. The van der Waals surface area contributed by atoms with Crippen LogP contribution in [0.3, 0.4) is 0 Å². The predicted octanol–water partition coefficient (Wildman–Crippen LogP) is 3.62. The summed E-state index contributed by atoms with van der Waals surface area (Å²) in [7, 11) is 0. The van der Waals surface area contributed by atoms with E-state index in [4.69, 9.17) is 5.11 Å². The highest BCUT2D eigenvalue weighted by atomic mass is 19.1. The minimum atomic E-state index is -0.841. The lowest BCUT2D eigenvalue weighted by molar-refractivity contribution is -0.136. The molecule has 0 saturated carbocycles. The Morgan fingerprint density at radius 3 is 2.43 bits per heavy atom. The Kier molecular flexibility index (Phi) is 4.93. The van der Waals surface area contributed by atoms with Gasteiger partial charge < -0.3 is 10.0 Å². The van der Waals surface area contributed by atoms with Crippen LogP contribution in [0.5, 0.6) is 0 Å². The van der Waals surface area contributed by atoms with Gasteiger partial charge in [0.05, 0.1) is 6.42 Å². The fourth-order valence-corrected chi connectivity index (χ4v) is 2.18. The van der Waals surface area contributed by atoms with Gasteiger partial charge in [-0.05, 0) is 42.3 Å². The monoisotopic (exact) mass is 287 g/mol. The van der Waals surface area contributed by atoms with Crippen LogP contribution in [0, 0.1) is 12.7 Å². The lowest BCUT2D eigenvalue weighted by atomic mass is 10.1. The van der Waals surface area contributed by atoms with Crippen molar-refractivity contribution in [2.24, 2.45) is 0 Å². The van der Waals surface area contributed by atoms with Crippen molar-refractivity contribution in [3.05, 3.63) is 65.5 Å². The number of halogens is 1. The first-order valence-corrected chi connectivity index (χ1v) is 6.83. The molecular formula is C17H18FNO2. The van der Waals surface area contributed by atoms with Gasteiger partial charge >= 0.3 is 5.97 Å². The SMILES string of the molecule is Cc1ccccc1CN(CCC(=O)O)c1ccc(F)cc1. The fourth-order valence-electron chi connectivity index (χ4n) is 2.18. The zero-order valence-electron chi connectivity index (χ0n) is 11.9. The van der Waals surface area contributed by atoms with Crippen molar-refractivity contribution in [1.29, 1.82) is 0 Å². The largest absolute Gasteiger partial charge is 0.481 e. The Morgan fingerprint density at radius 2 is 1.81 bits per heavy atom. The van der Waals surface area contributed by atoms with E-state index in [1.54, 1.807) is 12.1 Å². The summed E-state index contributed by atoms with van der Waals surface area (Å²) >= 11 is 0. The van der Waals surface area contributed by atoms with Crippen molar-refractivity contribution in [3.8, 4) is 0 Å². The molecule has 0 saturated heterocycles. The molecule has 2 aromatic carbocycles. The lowest BCUT2D eigenvalue weighted by Gasteiger charge is -2.25. The number of carbonyl (C=O) groups is 1. The van der Waals surface area contributed by atoms with Crippen molar-refractivity contribution < 1.29 is 14.3 Å². The van der Waals surface area contributed by atoms with Crippen LogP contribution in [0.25, 0.3) is 0 Å². The maximum absolute atomic E-state index is 13.0. The van der Waals surface area contributed by atoms with E-state index in [2.05, 4.69) is 0 Å². The van der Waals surface area contributed by atoms with E-state index in [1.807, 2.05) is 36.1 Å². The minimum absolute atomic E-state index is 0.0449. The summed E-state index contributed by atoms with van der Waals surface area (Å²) in [5, 5.41) is 8.89. The van der Waals surface area contributed by atoms with E-state index in [0.717, 1.165) is 16.8 Å². The Morgan fingerprint density at radius 1 is 1.14 bits per heavy atom. The fraction of sp³-hybridized carbons (Fsp3) is 0.235. The highest BCUT2D eigenvalue weighted by Gasteiger charge is 2.11. The molecule has 0 aliphatic rings. The molecule has 2 aromatic rings. The number of aryl methyl sites for hydroxylation is 1. The molecule has 0 radical (unpaired) electrons. The van der Waals surface area contributed by atoms with Crippen molar-refractivity contribution in [3.63, 3.8) is 0 Å². The minimum Gasteiger partial charge on any atom is -0.481 e. The first-order valence-electron chi connectivity index (χ1n) is 6.83. The number of rotatable bonds is 6. The van der Waals surface area contributed by atoms with E-state index in [1.165, 1.54) is 12.1 Å². The van der Waals surface area contributed by atoms with Gasteiger partial charge in [-0.1, -0.05) is 24.3 Å². The second kappa shape index (κ2) is 6.88. The van der Waals surface area contributed by atoms with Gasteiger partial charge in [-0.15, -0.1) is 0 Å². The lowest BCUT2D eigenvalue weighted by Crippen LogP contribution is -2.26. The Labute approximate surface area is 123 Å². The highest BCUT2D eigenvalue weighted by molar-refractivity contribution is 5.67. The normalized spacial score (nSPS) is 10.4. The summed E-state index contributed by atoms with van der Waals surface area (Å²) in [4.78, 5) is 12.8. The molecule has 0 aromatic heterocycles. The zero-order valence-corrected chi connectivity index (χ0v) is 11.9. The van der Waals surface area contributed by atoms with Gasteiger partial charge in [-0.2, -0.15) is 0 Å². The third kappa shape index (κ3) is 4.31. The van der Waals surface area contributed by atoms with Gasteiger partial charge in [0, 0.05) is 18.8 Å². The van der Waals surface area contributed by atoms with Crippen molar-refractivity contribution in [2.75, 3.05) is 11.4 Å². The Bertz CT molecular complexity index is 610. The summed E-state index contributed by atoms with van der Waals surface area (Å²) < 4.78 is 13.0. The molecule has 21 heavy (non-hydrogen) atoms. The third-order valence-electron chi connectivity index (χ3n) is 3.41. The van der Waals surface area contributed by atoms with Crippen LogP contribution in [0.1, 0.15) is 17.5 Å². The second-order valence-corrected chi connectivity index (χ2v) is 4.97. The Balaban J connectivity index is 2.21. The molecule has 0 unspecified atom stereocenters. The standard InChI is InChI=1S/C17H18FNO2/c1-13-4-2-3-5-14(13)12-19(11-10-17(20)21)16-8-6-15(18)7-9-16/h2-9H,10-12H2,1H3,(H,20,21). The summed E-state index contributed by atoms with van der Waals surface area (Å²) in [6, 6.07) is 14.1. The van der Waals surface area contributed by atoms with Gasteiger partial charge in [-0.25, -0.2) is 4.39 Å². The van der Waals surface area contributed by atoms with Crippen LogP contribution in [-0.4, -0.2) is 17.6 Å². The van der Waals surface area contributed by atoms with Crippen LogP contribution in [0.4, 0.5) is 10.1 Å². The highest BCUT2D eigenvalue weighted by Crippen LogP contribution is 2.19. The molecule has 4 heteroatoms. The second-order valence-electron chi connectivity index (χ2n) is 4.97. The van der Waals surface area contributed by atoms with E-state index in [-0.39, 0.29) is 12.2 Å². The molecule has 0 aliphatic heterocycles. The molecule has 0 atom stereocenters. The van der Waals surface area contributed by atoms with Crippen molar-refractivity contribution in [2.45, 2.75) is 19.9 Å². The van der Waals surface area contributed by atoms with Gasteiger partial charge in [0.25, 0.3) is 0 Å². The van der Waals surface area contributed by atoms with Crippen LogP contribution in [0.15, 0.2) is 48.5 Å². The zero-order chi connectivity index (χ0) is 15.2. The molecule has 110 valence electrons. The van der Waals surface area contributed by atoms with Crippen LogP contribution in [0.2, 0.25) is 0 Å². The smallest absolute Gasteiger partial charge is 0.305 e. The molecule has 1 N–H and O–H groups in total. The number of carboxylic acids is 1. The predicted molar refractivity (Wildman–Crippen MR) is 80.9 cm³/mol. The molecule has 0 amide bonds. The molecule has 0 aliphatic carbocycles. The summed E-state index contributed by atoms with van der Waals surface area (Å²) in [6.45, 7) is 3.01. The number of carboxylic acid groups (broad SMARTS) is 1. The molecule has 3 nitrogen and oxygen atoms in total. The average molecular weight is 287 g/mol. The first kappa shape index (κ1) is 15.0. The maximum Gasteiger partial charge on any atom is 0.305 e. The number of anilines is 1. The van der Waals surface area contributed by atoms with Crippen LogP contribution < -0.4 is 4.90 Å². The van der Waals surface area contributed by atoms with Crippen LogP contribution >= 0.6 is 0 Å². The van der Waals surface area contributed by atoms with Gasteiger partial charge in [0.1, 0.15) is 5.82 Å².